The molecular weight excluding hydrogens is 286 g/mol. The molecule has 1 N–H and O–H groups in total. The Labute approximate surface area is 127 Å². The Morgan fingerprint density at radius 3 is 2.33 bits per heavy atom. The molecular formula is C16H17NO3S. The normalized spacial score (nSPS) is 11.9. The molecule has 0 radical (unpaired) electrons. The number of carboxylic acid groups (broad SMARTS) is 1. The zero-order valence-electron chi connectivity index (χ0n) is 11.9. The summed E-state index contributed by atoms with van der Waals surface area (Å²) in [4.78, 5) is 24.9. The van der Waals surface area contributed by atoms with Crippen molar-refractivity contribution in [2.24, 2.45) is 0 Å². The molecule has 1 amide bonds. The quantitative estimate of drug-likeness (QED) is 0.923. The van der Waals surface area contributed by atoms with Gasteiger partial charge in [-0.05, 0) is 60.0 Å². The SMILES string of the molecule is CC(Cc1ccsc1)N(C)C(=O)c1ccc(C(=O)O)cc1. The Morgan fingerprint density at radius 2 is 1.81 bits per heavy atom. The standard InChI is InChI=1S/C16H17NO3S/c1-11(9-12-7-8-21-10-12)17(2)15(18)13-3-5-14(6-4-13)16(19)20/h3-8,10-11H,9H2,1-2H3,(H,19,20). The molecule has 0 saturated heterocycles. The number of benzene rings is 1. The van der Waals surface area contributed by atoms with Crippen LogP contribution in [0, 0.1) is 0 Å². The van der Waals surface area contributed by atoms with Gasteiger partial charge in [-0.2, -0.15) is 11.3 Å². The summed E-state index contributed by atoms with van der Waals surface area (Å²) in [6.07, 6.45) is 0.805. The summed E-state index contributed by atoms with van der Waals surface area (Å²) < 4.78 is 0. The number of carbonyl (C=O) groups is 2. The third-order valence-corrected chi connectivity index (χ3v) is 4.20. The molecule has 1 aromatic carbocycles. The van der Waals surface area contributed by atoms with E-state index in [1.165, 1.54) is 17.7 Å². The fraction of sp³-hybridized carbons (Fsp3) is 0.250. The van der Waals surface area contributed by atoms with Gasteiger partial charge in [0.15, 0.2) is 0 Å². The molecule has 0 saturated carbocycles. The molecule has 0 bridgehead atoms. The molecule has 1 atom stereocenters. The molecule has 4 nitrogen and oxygen atoms in total. The Hall–Kier alpha value is -2.14. The second kappa shape index (κ2) is 6.54. The van der Waals surface area contributed by atoms with Crippen LogP contribution in [0.2, 0.25) is 0 Å². The highest BCUT2D eigenvalue weighted by molar-refractivity contribution is 7.07. The molecule has 110 valence electrons. The van der Waals surface area contributed by atoms with Crippen LogP contribution in [0.1, 0.15) is 33.2 Å². The van der Waals surface area contributed by atoms with Gasteiger partial charge in [-0.25, -0.2) is 4.79 Å². The number of hydrogen-bond donors (Lipinski definition) is 1. The van der Waals surface area contributed by atoms with E-state index in [2.05, 4.69) is 11.4 Å². The van der Waals surface area contributed by atoms with Crippen LogP contribution in [-0.4, -0.2) is 35.0 Å². The van der Waals surface area contributed by atoms with Crippen LogP contribution in [-0.2, 0) is 6.42 Å². The van der Waals surface area contributed by atoms with Crippen molar-refractivity contribution in [3.63, 3.8) is 0 Å². The Balaban J connectivity index is 2.05. The molecule has 1 heterocycles. The average Bonchev–Trinajstić information content (AvgIpc) is 2.98. The van der Waals surface area contributed by atoms with E-state index < -0.39 is 5.97 Å². The second-order valence-electron chi connectivity index (χ2n) is 4.98. The summed E-state index contributed by atoms with van der Waals surface area (Å²) in [6, 6.07) is 8.14. The molecule has 2 aromatic rings. The predicted octanol–water partition coefficient (Wildman–Crippen LogP) is 3.15. The van der Waals surface area contributed by atoms with Crippen molar-refractivity contribution in [2.45, 2.75) is 19.4 Å². The number of nitrogens with zero attached hydrogens (tertiary/aromatic N) is 1. The molecule has 0 fully saturated rings. The number of thiophene rings is 1. The first-order chi connectivity index (χ1) is 9.99. The molecule has 1 aromatic heterocycles. The molecule has 0 spiro atoms. The van der Waals surface area contributed by atoms with Gasteiger partial charge in [-0.15, -0.1) is 0 Å². The summed E-state index contributed by atoms with van der Waals surface area (Å²) >= 11 is 1.64. The summed E-state index contributed by atoms with van der Waals surface area (Å²) in [5.41, 5.74) is 1.90. The molecule has 0 aliphatic heterocycles. The van der Waals surface area contributed by atoms with E-state index in [0.717, 1.165) is 6.42 Å². The number of amides is 1. The van der Waals surface area contributed by atoms with E-state index in [9.17, 15) is 9.59 Å². The van der Waals surface area contributed by atoms with Crippen LogP contribution in [0.3, 0.4) is 0 Å². The van der Waals surface area contributed by atoms with Crippen molar-refractivity contribution < 1.29 is 14.7 Å². The van der Waals surface area contributed by atoms with E-state index in [0.29, 0.717) is 5.56 Å². The summed E-state index contributed by atoms with van der Waals surface area (Å²) in [6.45, 7) is 2.00. The third kappa shape index (κ3) is 3.70. The minimum atomic E-state index is -0.992. The maximum Gasteiger partial charge on any atom is 0.335 e. The molecule has 0 aliphatic rings. The van der Waals surface area contributed by atoms with Gasteiger partial charge >= 0.3 is 5.97 Å². The summed E-state index contributed by atoms with van der Waals surface area (Å²) in [7, 11) is 1.77. The lowest BCUT2D eigenvalue weighted by Crippen LogP contribution is -2.36. The third-order valence-electron chi connectivity index (χ3n) is 3.47. The van der Waals surface area contributed by atoms with Gasteiger partial charge in [0.25, 0.3) is 5.91 Å². The van der Waals surface area contributed by atoms with E-state index >= 15 is 0 Å². The van der Waals surface area contributed by atoms with E-state index in [1.54, 1.807) is 35.4 Å². The van der Waals surface area contributed by atoms with E-state index in [1.807, 2.05) is 12.3 Å². The van der Waals surface area contributed by atoms with Gasteiger partial charge in [-0.1, -0.05) is 0 Å². The van der Waals surface area contributed by atoms with Crippen LogP contribution in [0.15, 0.2) is 41.1 Å². The number of aromatic carboxylic acids is 1. The second-order valence-corrected chi connectivity index (χ2v) is 5.76. The smallest absolute Gasteiger partial charge is 0.335 e. The highest BCUT2D eigenvalue weighted by atomic mass is 32.1. The molecule has 21 heavy (non-hydrogen) atoms. The van der Waals surface area contributed by atoms with Gasteiger partial charge in [0.05, 0.1) is 5.56 Å². The van der Waals surface area contributed by atoms with Crippen molar-refractivity contribution >= 4 is 23.2 Å². The lowest BCUT2D eigenvalue weighted by molar-refractivity contribution is 0.0693. The predicted molar refractivity (Wildman–Crippen MR) is 83.0 cm³/mol. The number of carbonyl (C=O) groups excluding carboxylic acids is 1. The van der Waals surface area contributed by atoms with Gasteiger partial charge in [0, 0.05) is 18.7 Å². The maximum absolute atomic E-state index is 12.4. The lowest BCUT2D eigenvalue weighted by Gasteiger charge is -2.25. The molecule has 2 rings (SSSR count). The largest absolute Gasteiger partial charge is 0.478 e. The topological polar surface area (TPSA) is 57.6 Å². The van der Waals surface area contributed by atoms with Crippen LogP contribution >= 0.6 is 11.3 Å². The number of hydrogen-bond acceptors (Lipinski definition) is 3. The highest BCUT2D eigenvalue weighted by Gasteiger charge is 2.18. The lowest BCUT2D eigenvalue weighted by atomic mass is 10.1. The zero-order chi connectivity index (χ0) is 15.4. The van der Waals surface area contributed by atoms with Gasteiger partial charge in [-0.3, -0.25) is 4.79 Å². The van der Waals surface area contributed by atoms with Gasteiger partial charge in [0.2, 0.25) is 0 Å². The summed E-state index contributed by atoms with van der Waals surface area (Å²) in [5.74, 6) is -1.09. The fourth-order valence-corrected chi connectivity index (χ4v) is 2.73. The van der Waals surface area contributed by atoms with Crippen molar-refractivity contribution in [3.05, 3.63) is 57.8 Å². The number of carboxylic acids is 1. The van der Waals surface area contributed by atoms with Crippen LogP contribution in [0.5, 0.6) is 0 Å². The first kappa shape index (κ1) is 15.3. The van der Waals surface area contributed by atoms with Crippen LogP contribution < -0.4 is 0 Å². The minimum absolute atomic E-state index is 0.0752. The molecule has 0 aliphatic carbocycles. The number of likely N-dealkylation sites (N-methyl/N-ethyl adjacent to an activating group) is 1. The Kier molecular flexibility index (Phi) is 4.75. The average molecular weight is 303 g/mol. The van der Waals surface area contributed by atoms with Crippen molar-refractivity contribution in [1.29, 1.82) is 0 Å². The maximum atomic E-state index is 12.4. The minimum Gasteiger partial charge on any atom is -0.478 e. The van der Waals surface area contributed by atoms with Gasteiger partial charge in [0.1, 0.15) is 0 Å². The fourth-order valence-electron chi connectivity index (χ4n) is 2.05. The summed E-state index contributed by atoms with van der Waals surface area (Å²) in [5, 5.41) is 13.0. The zero-order valence-corrected chi connectivity index (χ0v) is 12.8. The van der Waals surface area contributed by atoms with Crippen molar-refractivity contribution in [1.82, 2.24) is 4.90 Å². The van der Waals surface area contributed by atoms with Crippen molar-refractivity contribution in [2.75, 3.05) is 7.05 Å². The molecule has 5 heteroatoms. The van der Waals surface area contributed by atoms with Crippen LogP contribution in [0.25, 0.3) is 0 Å². The Bertz CT molecular complexity index is 619. The number of rotatable bonds is 5. The monoisotopic (exact) mass is 303 g/mol. The van der Waals surface area contributed by atoms with Gasteiger partial charge < -0.3 is 10.0 Å². The van der Waals surface area contributed by atoms with Crippen LogP contribution in [0.4, 0.5) is 0 Å². The van der Waals surface area contributed by atoms with Crippen molar-refractivity contribution in [3.8, 4) is 0 Å². The van der Waals surface area contributed by atoms with E-state index in [-0.39, 0.29) is 17.5 Å². The molecule has 1 unspecified atom stereocenters. The van der Waals surface area contributed by atoms with E-state index in [4.69, 9.17) is 5.11 Å². The first-order valence-corrected chi connectivity index (χ1v) is 7.55. The Morgan fingerprint density at radius 1 is 1.19 bits per heavy atom. The first-order valence-electron chi connectivity index (χ1n) is 6.60. The highest BCUT2D eigenvalue weighted by Crippen LogP contribution is 2.14.